The molecule has 2 unspecified atom stereocenters. The lowest BCUT2D eigenvalue weighted by atomic mass is 10.2. The van der Waals surface area contributed by atoms with Gasteiger partial charge in [-0.15, -0.1) is 0 Å². The Labute approximate surface area is 70.2 Å². The molecule has 0 bridgehead atoms. The summed E-state index contributed by atoms with van der Waals surface area (Å²) in [6, 6.07) is 0.307. The molecule has 1 rings (SSSR count). The Hall–Kier alpha value is 0.137. The molecule has 0 amide bonds. The first-order valence-corrected chi connectivity index (χ1v) is 7.83. The first kappa shape index (κ1) is 9.23. The highest BCUT2D eigenvalue weighted by Gasteiger charge is 2.29. The zero-order valence-corrected chi connectivity index (χ0v) is 8.76. The smallest absolute Gasteiger partial charge is 0.184 e. The normalized spacial score (nSPS) is 32.7. The number of hydrogen-bond acceptors (Lipinski definition) is 2. The first-order valence-electron chi connectivity index (χ1n) is 4.42. The monoisotopic (exact) mass is 173 g/mol. The van der Waals surface area contributed by atoms with Gasteiger partial charge in [0.1, 0.15) is 0 Å². The predicted octanol–water partition coefficient (Wildman–Crippen LogP) is 1.72. The van der Waals surface area contributed by atoms with Crippen LogP contribution >= 0.6 is 0 Å². The maximum atomic E-state index is 5.92. The third kappa shape index (κ3) is 2.93. The van der Waals surface area contributed by atoms with E-state index in [9.17, 15) is 0 Å². The van der Waals surface area contributed by atoms with Crippen LogP contribution in [-0.2, 0) is 4.43 Å². The summed E-state index contributed by atoms with van der Waals surface area (Å²) in [4.78, 5) is 0. The van der Waals surface area contributed by atoms with Crippen LogP contribution in [0.15, 0.2) is 0 Å². The van der Waals surface area contributed by atoms with Crippen molar-refractivity contribution >= 4 is 8.32 Å². The van der Waals surface area contributed by atoms with Crippen molar-refractivity contribution in [3.8, 4) is 0 Å². The van der Waals surface area contributed by atoms with Crippen molar-refractivity contribution < 1.29 is 4.43 Å². The number of hydrogen-bond donors (Lipinski definition) is 1. The van der Waals surface area contributed by atoms with E-state index in [-0.39, 0.29) is 0 Å². The van der Waals surface area contributed by atoms with Crippen LogP contribution in [-0.4, -0.2) is 20.5 Å². The van der Waals surface area contributed by atoms with Gasteiger partial charge in [0, 0.05) is 6.04 Å². The molecule has 0 spiro atoms. The van der Waals surface area contributed by atoms with Gasteiger partial charge >= 0.3 is 0 Å². The van der Waals surface area contributed by atoms with E-state index >= 15 is 0 Å². The van der Waals surface area contributed by atoms with E-state index in [0.717, 1.165) is 6.42 Å². The largest absolute Gasteiger partial charge is 0.413 e. The molecule has 11 heavy (non-hydrogen) atoms. The number of rotatable bonds is 2. The SMILES string of the molecule is C[Si](C)(C)OC1CCCC1N. The van der Waals surface area contributed by atoms with Crippen LogP contribution < -0.4 is 5.73 Å². The van der Waals surface area contributed by atoms with E-state index in [0.29, 0.717) is 12.1 Å². The van der Waals surface area contributed by atoms with Crippen molar-refractivity contribution in [3.63, 3.8) is 0 Å². The van der Waals surface area contributed by atoms with Gasteiger partial charge in [0.25, 0.3) is 0 Å². The second kappa shape index (κ2) is 3.25. The summed E-state index contributed by atoms with van der Waals surface area (Å²) in [6.45, 7) is 6.66. The molecule has 0 aromatic heterocycles. The highest BCUT2D eigenvalue weighted by Crippen LogP contribution is 2.23. The average molecular weight is 173 g/mol. The molecule has 1 saturated carbocycles. The van der Waals surface area contributed by atoms with Crippen molar-refractivity contribution in [2.45, 2.75) is 51.0 Å². The molecule has 1 fully saturated rings. The highest BCUT2D eigenvalue weighted by atomic mass is 28.4. The molecule has 3 heteroatoms. The number of nitrogens with two attached hydrogens (primary N) is 1. The van der Waals surface area contributed by atoms with Crippen molar-refractivity contribution in [3.05, 3.63) is 0 Å². The van der Waals surface area contributed by atoms with E-state index in [1.165, 1.54) is 12.8 Å². The molecule has 0 aromatic rings. The summed E-state index contributed by atoms with van der Waals surface area (Å²) in [7, 11) is -1.34. The predicted molar refractivity (Wildman–Crippen MR) is 50.0 cm³/mol. The van der Waals surface area contributed by atoms with Crippen LogP contribution in [0.1, 0.15) is 19.3 Å². The van der Waals surface area contributed by atoms with Crippen LogP contribution in [0.25, 0.3) is 0 Å². The fraction of sp³-hybridized carbons (Fsp3) is 1.00. The van der Waals surface area contributed by atoms with E-state index in [2.05, 4.69) is 19.6 Å². The van der Waals surface area contributed by atoms with Gasteiger partial charge in [0.05, 0.1) is 6.10 Å². The molecule has 1 aliphatic carbocycles. The summed E-state index contributed by atoms with van der Waals surface area (Å²) in [5.41, 5.74) is 5.88. The molecular weight excluding hydrogens is 154 g/mol. The van der Waals surface area contributed by atoms with Crippen molar-refractivity contribution in [1.82, 2.24) is 0 Å². The molecule has 0 saturated heterocycles. The minimum Gasteiger partial charge on any atom is -0.413 e. The van der Waals surface area contributed by atoms with Crippen molar-refractivity contribution in [2.75, 3.05) is 0 Å². The Balaban J connectivity index is 2.37. The average Bonchev–Trinajstić information content (AvgIpc) is 2.12. The van der Waals surface area contributed by atoms with Crippen LogP contribution in [0.3, 0.4) is 0 Å². The lowest BCUT2D eigenvalue weighted by molar-refractivity contribution is 0.184. The Bertz CT molecular complexity index is 133. The molecule has 66 valence electrons. The molecule has 2 atom stereocenters. The van der Waals surface area contributed by atoms with E-state index in [4.69, 9.17) is 10.2 Å². The zero-order chi connectivity index (χ0) is 8.48. The summed E-state index contributed by atoms with van der Waals surface area (Å²) in [5.74, 6) is 0. The second-order valence-electron chi connectivity index (χ2n) is 4.36. The van der Waals surface area contributed by atoms with Gasteiger partial charge in [-0.25, -0.2) is 0 Å². The summed E-state index contributed by atoms with van der Waals surface area (Å²) >= 11 is 0. The Morgan fingerprint density at radius 1 is 1.27 bits per heavy atom. The fourth-order valence-electron chi connectivity index (χ4n) is 1.56. The van der Waals surface area contributed by atoms with Crippen molar-refractivity contribution in [1.29, 1.82) is 0 Å². The molecule has 0 heterocycles. The molecule has 0 radical (unpaired) electrons. The Kier molecular flexibility index (Phi) is 2.73. The Morgan fingerprint density at radius 2 is 1.91 bits per heavy atom. The molecular formula is C8H19NOSi. The van der Waals surface area contributed by atoms with Gasteiger partial charge in [0.2, 0.25) is 0 Å². The summed E-state index contributed by atoms with van der Waals surface area (Å²) in [6.07, 6.45) is 3.93. The maximum Gasteiger partial charge on any atom is 0.184 e. The molecule has 0 aliphatic heterocycles. The van der Waals surface area contributed by atoms with Crippen molar-refractivity contribution in [2.24, 2.45) is 5.73 Å². The maximum absolute atomic E-state index is 5.92. The topological polar surface area (TPSA) is 35.2 Å². The lowest BCUT2D eigenvalue weighted by Gasteiger charge is -2.25. The third-order valence-electron chi connectivity index (χ3n) is 2.01. The van der Waals surface area contributed by atoms with Gasteiger partial charge in [-0.3, -0.25) is 0 Å². The van der Waals surface area contributed by atoms with Gasteiger partial charge < -0.3 is 10.2 Å². The van der Waals surface area contributed by atoms with Gasteiger partial charge in [-0.1, -0.05) is 0 Å². The van der Waals surface area contributed by atoms with Crippen LogP contribution in [0.2, 0.25) is 19.6 Å². The minimum absolute atomic E-state index is 0.307. The fourth-order valence-corrected chi connectivity index (χ4v) is 2.76. The van der Waals surface area contributed by atoms with E-state index < -0.39 is 8.32 Å². The quantitative estimate of drug-likeness (QED) is 0.645. The molecule has 0 aromatic carbocycles. The molecule has 2 nitrogen and oxygen atoms in total. The van der Waals surface area contributed by atoms with Crippen LogP contribution in [0.5, 0.6) is 0 Å². The van der Waals surface area contributed by atoms with E-state index in [1.807, 2.05) is 0 Å². The Morgan fingerprint density at radius 3 is 2.27 bits per heavy atom. The minimum atomic E-state index is -1.34. The summed E-state index contributed by atoms with van der Waals surface area (Å²) in [5, 5.41) is 0. The highest BCUT2D eigenvalue weighted by molar-refractivity contribution is 6.69. The van der Waals surface area contributed by atoms with Crippen LogP contribution in [0.4, 0.5) is 0 Å². The van der Waals surface area contributed by atoms with E-state index in [1.54, 1.807) is 0 Å². The first-order chi connectivity index (χ1) is 4.99. The summed E-state index contributed by atoms with van der Waals surface area (Å²) < 4.78 is 5.92. The van der Waals surface area contributed by atoms with Crippen LogP contribution in [0, 0.1) is 0 Å². The van der Waals surface area contributed by atoms with Gasteiger partial charge in [0.15, 0.2) is 8.32 Å². The van der Waals surface area contributed by atoms with Gasteiger partial charge in [-0.05, 0) is 38.9 Å². The standard InChI is InChI=1S/C8H19NOSi/c1-11(2,3)10-8-6-4-5-7(8)9/h7-8H,4-6,9H2,1-3H3. The van der Waals surface area contributed by atoms with Gasteiger partial charge in [-0.2, -0.15) is 0 Å². The lowest BCUT2D eigenvalue weighted by Crippen LogP contribution is -2.39. The second-order valence-corrected chi connectivity index (χ2v) is 8.82. The zero-order valence-electron chi connectivity index (χ0n) is 7.76. The molecule has 2 N–H and O–H groups in total. The third-order valence-corrected chi connectivity index (χ3v) is 3.02. The molecule has 1 aliphatic rings.